The molecule has 0 saturated heterocycles. The predicted molar refractivity (Wildman–Crippen MR) is 87.4 cm³/mol. The lowest BCUT2D eigenvalue weighted by molar-refractivity contribution is -0.117. The van der Waals surface area contributed by atoms with E-state index in [0.29, 0.717) is 13.0 Å². The summed E-state index contributed by atoms with van der Waals surface area (Å²) < 4.78 is 5.73. The standard InChI is InChI=1S/C17H19NO2S/c1-21-16(17(18)19)11-13-7-9-15(10-8-13)20-12-14-5-3-2-4-6-14/h2-10,16H,11-12H2,1H3,(H2,18,19). The minimum absolute atomic E-state index is 0.180. The molecule has 110 valence electrons. The highest BCUT2D eigenvalue weighted by Crippen LogP contribution is 2.18. The quantitative estimate of drug-likeness (QED) is 0.855. The van der Waals surface area contributed by atoms with Gasteiger partial charge in [-0.3, -0.25) is 4.79 Å². The van der Waals surface area contributed by atoms with E-state index >= 15 is 0 Å². The summed E-state index contributed by atoms with van der Waals surface area (Å²) in [4.78, 5) is 11.2. The van der Waals surface area contributed by atoms with Crippen molar-refractivity contribution in [3.05, 3.63) is 65.7 Å². The van der Waals surface area contributed by atoms with Crippen LogP contribution in [-0.2, 0) is 17.8 Å². The average Bonchev–Trinajstić information content (AvgIpc) is 2.52. The molecule has 2 aromatic carbocycles. The van der Waals surface area contributed by atoms with Gasteiger partial charge in [-0.2, -0.15) is 11.8 Å². The van der Waals surface area contributed by atoms with E-state index in [0.717, 1.165) is 16.9 Å². The lowest BCUT2D eigenvalue weighted by atomic mass is 10.1. The van der Waals surface area contributed by atoms with Crippen molar-refractivity contribution in [3.63, 3.8) is 0 Å². The van der Waals surface area contributed by atoms with Crippen LogP contribution >= 0.6 is 11.8 Å². The molecule has 1 amide bonds. The molecule has 0 heterocycles. The maximum atomic E-state index is 11.2. The predicted octanol–water partition coefficient (Wildman–Crippen LogP) is 3.03. The van der Waals surface area contributed by atoms with Crippen molar-refractivity contribution < 1.29 is 9.53 Å². The smallest absolute Gasteiger partial charge is 0.230 e. The first-order valence-electron chi connectivity index (χ1n) is 6.77. The number of carbonyl (C=O) groups is 1. The van der Waals surface area contributed by atoms with E-state index in [1.54, 1.807) is 0 Å². The summed E-state index contributed by atoms with van der Waals surface area (Å²) in [6.45, 7) is 0.551. The zero-order valence-electron chi connectivity index (χ0n) is 12.0. The topological polar surface area (TPSA) is 52.3 Å². The maximum Gasteiger partial charge on any atom is 0.230 e. The third-order valence-corrected chi connectivity index (χ3v) is 4.16. The Morgan fingerprint density at radius 2 is 1.76 bits per heavy atom. The van der Waals surface area contributed by atoms with Gasteiger partial charge in [-0.05, 0) is 35.9 Å². The number of thioether (sulfide) groups is 1. The van der Waals surface area contributed by atoms with Crippen LogP contribution in [0.4, 0.5) is 0 Å². The Hall–Kier alpha value is -1.94. The highest BCUT2D eigenvalue weighted by atomic mass is 32.2. The monoisotopic (exact) mass is 301 g/mol. The van der Waals surface area contributed by atoms with Crippen molar-refractivity contribution in [1.82, 2.24) is 0 Å². The minimum atomic E-state index is -0.271. The number of benzene rings is 2. The Labute approximate surface area is 129 Å². The first-order valence-corrected chi connectivity index (χ1v) is 8.05. The molecule has 0 aromatic heterocycles. The van der Waals surface area contributed by atoms with E-state index in [1.165, 1.54) is 11.8 Å². The second-order valence-corrected chi connectivity index (χ2v) is 5.79. The van der Waals surface area contributed by atoms with E-state index in [1.807, 2.05) is 60.9 Å². The number of carbonyl (C=O) groups excluding carboxylic acids is 1. The van der Waals surface area contributed by atoms with Crippen LogP contribution in [0.15, 0.2) is 54.6 Å². The van der Waals surface area contributed by atoms with Crippen LogP contribution in [0, 0.1) is 0 Å². The molecule has 0 bridgehead atoms. The van der Waals surface area contributed by atoms with Crippen molar-refractivity contribution >= 4 is 17.7 Å². The van der Waals surface area contributed by atoms with Crippen molar-refractivity contribution in [2.45, 2.75) is 18.3 Å². The molecule has 0 radical (unpaired) electrons. The van der Waals surface area contributed by atoms with Crippen LogP contribution in [0.5, 0.6) is 5.75 Å². The molecule has 2 rings (SSSR count). The van der Waals surface area contributed by atoms with Crippen LogP contribution in [-0.4, -0.2) is 17.4 Å². The van der Waals surface area contributed by atoms with Gasteiger partial charge >= 0.3 is 0 Å². The molecule has 2 N–H and O–H groups in total. The molecule has 0 spiro atoms. The van der Waals surface area contributed by atoms with Gasteiger partial charge in [0.15, 0.2) is 0 Å². The number of ether oxygens (including phenoxy) is 1. The Balaban J connectivity index is 1.91. The van der Waals surface area contributed by atoms with Crippen LogP contribution < -0.4 is 10.5 Å². The van der Waals surface area contributed by atoms with Gasteiger partial charge in [0.25, 0.3) is 0 Å². The van der Waals surface area contributed by atoms with Crippen LogP contribution in [0.25, 0.3) is 0 Å². The summed E-state index contributed by atoms with van der Waals surface area (Å²) in [5, 5.41) is -0.180. The lowest BCUT2D eigenvalue weighted by Gasteiger charge is -2.11. The summed E-state index contributed by atoms with van der Waals surface area (Å²) in [6, 6.07) is 17.8. The molecule has 2 aromatic rings. The number of rotatable bonds is 7. The second-order valence-electron chi connectivity index (χ2n) is 4.75. The van der Waals surface area contributed by atoms with Crippen LogP contribution in [0.1, 0.15) is 11.1 Å². The van der Waals surface area contributed by atoms with Gasteiger partial charge in [0.2, 0.25) is 5.91 Å². The number of hydrogen-bond donors (Lipinski definition) is 1. The average molecular weight is 301 g/mol. The van der Waals surface area contributed by atoms with Gasteiger partial charge in [-0.1, -0.05) is 42.5 Å². The van der Waals surface area contributed by atoms with Gasteiger partial charge in [0.1, 0.15) is 12.4 Å². The normalized spacial score (nSPS) is 11.9. The van der Waals surface area contributed by atoms with Gasteiger partial charge in [-0.15, -0.1) is 0 Å². The third kappa shape index (κ3) is 4.83. The molecule has 3 nitrogen and oxygen atoms in total. The van der Waals surface area contributed by atoms with Crippen molar-refractivity contribution in [1.29, 1.82) is 0 Å². The van der Waals surface area contributed by atoms with Crippen molar-refractivity contribution in [3.8, 4) is 5.75 Å². The molecule has 4 heteroatoms. The Morgan fingerprint density at radius 1 is 1.10 bits per heavy atom. The first-order chi connectivity index (χ1) is 10.2. The second kappa shape index (κ2) is 7.74. The fourth-order valence-corrected chi connectivity index (χ4v) is 2.57. The van der Waals surface area contributed by atoms with Crippen molar-refractivity contribution in [2.75, 3.05) is 6.26 Å². The molecule has 1 unspecified atom stereocenters. The van der Waals surface area contributed by atoms with E-state index in [4.69, 9.17) is 10.5 Å². The Kier molecular flexibility index (Phi) is 5.69. The molecule has 0 aliphatic carbocycles. The molecule has 0 aliphatic rings. The Morgan fingerprint density at radius 3 is 2.33 bits per heavy atom. The number of amides is 1. The van der Waals surface area contributed by atoms with Gasteiger partial charge in [-0.25, -0.2) is 0 Å². The number of primary amides is 1. The third-order valence-electron chi connectivity index (χ3n) is 3.19. The largest absolute Gasteiger partial charge is 0.489 e. The van der Waals surface area contributed by atoms with Gasteiger partial charge < -0.3 is 10.5 Å². The van der Waals surface area contributed by atoms with Gasteiger partial charge in [0.05, 0.1) is 5.25 Å². The number of hydrogen-bond acceptors (Lipinski definition) is 3. The summed E-state index contributed by atoms with van der Waals surface area (Å²) in [5.74, 6) is 0.550. The molecule has 21 heavy (non-hydrogen) atoms. The lowest BCUT2D eigenvalue weighted by Crippen LogP contribution is -2.27. The fourth-order valence-electron chi connectivity index (χ4n) is 1.98. The van der Waals surface area contributed by atoms with Crippen molar-refractivity contribution in [2.24, 2.45) is 5.73 Å². The minimum Gasteiger partial charge on any atom is -0.489 e. The summed E-state index contributed by atoms with van der Waals surface area (Å²) in [5.41, 5.74) is 7.57. The van der Waals surface area contributed by atoms with Crippen LogP contribution in [0.2, 0.25) is 0 Å². The first kappa shape index (κ1) is 15.4. The highest BCUT2D eigenvalue weighted by molar-refractivity contribution is 7.99. The summed E-state index contributed by atoms with van der Waals surface area (Å²) in [7, 11) is 0. The molecule has 0 aliphatic heterocycles. The van der Waals surface area contributed by atoms with E-state index < -0.39 is 0 Å². The van der Waals surface area contributed by atoms with E-state index in [9.17, 15) is 4.79 Å². The molecular formula is C17H19NO2S. The SMILES string of the molecule is CSC(Cc1ccc(OCc2ccccc2)cc1)C(N)=O. The maximum absolute atomic E-state index is 11.2. The van der Waals surface area contributed by atoms with E-state index in [2.05, 4.69) is 0 Å². The zero-order chi connectivity index (χ0) is 15.1. The highest BCUT2D eigenvalue weighted by Gasteiger charge is 2.14. The fraction of sp³-hybridized carbons (Fsp3) is 0.235. The molecular weight excluding hydrogens is 282 g/mol. The molecule has 0 fully saturated rings. The number of nitrogens with two attached hydrogens (primary N) is 1. The molecule has 1 atom stereocenters. The molecule has 0 saturated carbocycles. The van der Waals surface area contributed by atoms with E-state index in [-0.39, 0.29) is 11.2 Å². The summed E-state index contributed by atoms with van der Waals surface area (Å²) >= 11 is 1.48. The van der Waals surface area contributed by atoms with Gasteiger partial charge in [0, 0.05) is 0 Å². The summed E-state index contributed by atoms with van der Waals surface area (Å²) in [6.07, 6.45) is 2.54. The van der Waals surface area contributed by atoms with Crippen LogP contribution in [0.3, 0.4) is 0 Å². The zero-order valence-corrected chi connectivity index (χ0v) is 12.8. The Bertz CT molecular complexity index is 569.